The molecule has 2 heterocycles. The van der Waals surface area contributed by atoms with E-state index in [0.717, 1.165) is 6.04 Å². The number of hydrogen-bond donors (Lipinski definition) is 0. The molecule has 0 amide bonds. The Morgan fingerprint density at radius 3 is 2.62 bits per heavy atom. The molecule has 0 aromatic carbocycles. The molecular weight excluding hydrogens is 377 g/mol. The predicted octanol–water partition coefficient (Wildman–Crippen LogP) is 0.299. The summed E-state index contributed by atoms with van der Waals surface area (Å²) in [6, 6.07) is 0.718. The normalized spacial score (nSPS) is 31.7. The third-order valence-electron chi connectivity index (χ3n) is 5.23. The summed E-state index contributed by atoms with van der Waals surface area (Å²) in [7, 11) is 0. The summed E-state index contributed by atoms with van der Waals surface area (Å²) < 4.78 is 6.76. The zero-order chi connectivity index (χ0) is 14.6. The summed E-state index contributed by atoms with van der Waals surface area (Å²) in [5.74, 6) is 0.332. The van der Waals surface area contributed by atoms with E-state index in [1.54, 1.807) is 6.92 Å². The van der Waals surface area contributed by atoms with E-state index in [1.807, 2.05) is 0 Å². The molecule has 21 heavy (non-hydrogen) atoms. The molecule has 0 N–H and O–H groups in total. The third kappa shape index (κ3) is 4.44. The van der Waals surface area contributed by atoms with Gasteiger partial charge in [0.1, 0.15) is 6.61 Å². The van der Waals surface area contributed by atoms with Crippen LogP contribution in [0.2, 0.25) is 0 Å². The second-order valence-electron chi connectivity index (χ2n) is 6.73. The van der Waals surface area contributed by atoms with Gasteiger partial charge in [-0.1, -0.05) is 13.5 Å². The lowest BCUT2D eigenvalue weighted by Gasteiger charge is -2.53. The monoisotopic (exact) mass is 407 g/mol. The van der Waals surface area contributed by atoms with Crippen LogP contribution in [0, 0.1) is 5.92 Å². The first-order valence-electron chi connectivity index (χ1n) is 8.27. The molecule has 2 aliphatic heterocycles. The molecule has 1 unspecified atom stereocenters. The average Bonchev–Trinajstić information content (AvgIpc) is 2.44. The van der Waals surface area contributed by atoms with Crippen LogP contribution < -0.4 is 24.0 Å². The summed E-state index contributed by atoms with van der Waals surface area (Å²) in [4.78, 5) is 11.6. The minimum Gasteiger partial charge on any atom is -1.00 e. The minimum absolute atomic E-state index is 0. The fourth-order valence-corrected chi connectivity index (χ4v) is 4.38. The summed E-state index contributed by atoms with van der Waals surface area (Å²) in [6.45, 7) is 12.3. The van der Waals surface area contributed by atoms with Crippen LogP contribution in [0.5, 0.6) is 0 Å². The van der Waals surface area contributed by atoms with Crippen LogP contribution in [-0.2, 0) is 9.53 Å². The Kier molecular flexibility index (Phi) is 7.68. The summed E-state index contributed by atoms with van der Waals surface area (Å²) >= 11 is 0. The molecule has 2 fully saturated rings. The van der Waals surface area contributed by atoms with Gasteiger partial charge in [0.25, 0.3) is 0 Å². The molecule has 0 aromatic heterocycles. The van der Waals surface area contributed by atoms with Gasteiger partial charge >= 0.3 is 5.97 Å². The van der Waals surface area contributed by atoms with Gasteiger partial charge in [-0.3, -0.25) is 0 Å². The fourth-order valence-electron chi connectivity index (χ4n) is 4.38. The zero-order valence-electron chi connectivity index (χ0n) is 13.6. The lowest BCUT2D eigenvalue weighted by Crippen LogP contribution is -3.00. The van der Waals surface area contributed by atoms with Crippen LogP contribution >= 0.6 is 0 Å². The van der Waals surface area contributed by atoms with Gasteiger partial charge in [-0.2, -0.15) is 0 Å². The molecule has 2 rings (SSSR count). The Labute approximate surface area is 146 Å². The molecule has 0 saturated carbocycles. The van der Waals surface area contributed by atoms with Crippen molar-refractivity contribution in [2.24, 2.45) is 5.92 Å². The van der Waals surface area contributed by atoms with Crippen LogP contribution in [-0.4, -0.2) is 42.7 Å². The van der Waals surface area contributed by atoms with E-state index >= 15 is 0 Å². The lowest BCUT2D eigenvalue weighted by molar-refractivity contribution is -0.964. The van der Waals surface area contributed by atoms with Crippen molar-refractivity contribution < 1.29 is 38.0 Å². The second kappa shape index (κ2) is 8.51. The van der Waals surface area contributed by atoms with Crippen LogP contribution in [0.1, 0.15) is 52.4 Å². The maximum absolute atomic E-state index is 11.6. The lowest BCUT2D eigenvalue weighted by atomic mass is 9.81. The quantitative estimate of drug-likeness (QED) is 0.284. The number of quaternary nitrogens is 1. The molecule has 0 aromatic rings. The van der Waals surface area contributed by atoms with Crippen molar-refractivity contribution in [2.45, 2.75) is 58.4 Å². The number of rotatable bonds is 5. The van der Waals surface area contributed by atoms with Crippen molar-refractivity contribution in [3.05, 3.63) is 12.2 Å². The molecule has 0 radical (unpaired) electrons. The first kappa shape index (κ1) is 18.9. The van der Waals surface area contributed by atoms with Crippen LogP contribution in [0.25, 0.3) is 0 Å². The SMILES string of the molecule is C=C(C)C(=O)OC[C@@H]1CCC[N+]2(CCC)CCCC[C@H]12.[I-]. The second-order valence-corrected chi connectivity index (χ2v) is 6.73. The summed E-state index contributed by atoms with van der Waals surface area (Å²) in [5.41, 5.74) is 0.513. The molecule has 122 valence electrons. The van der Waals surface area contributed by atoms with E-state index < -0.39 is 0 Å². The van der Waals surface area contributed by atoms with E-state index in [2.05, 4.69) is 13.5 Å². The van der Waals surface area contributed by atoms with Crippen molar-refractivity contribution in [1.29, 1.82) is 0 Å². The fraction of sp³-hybridized carbons (Fsp3) is 0.824. The van der Waals surface area contributed by atoms with Crippen molar-refractivity contribution in [1.82, 2.24) is 0 Å². The Balaban J connectivity index is 0.00000220. The first-order chi connectivity index (χ1) is 9.59. The Hall–Kier alpha value is -0.100. The topological polar surface area (TPSA) is 26.3 Å². The van der Waals surface area contributed by atoms with Crippen LogP contribution in [0.15, 0.2) is 12.2 Å². The largest absolute Gasteiger partial charge is 1.00 e. The van der Waals surface area contributed by atoms with Gasteiger partial charge in [-0.05, 0) is 39.0 Å². The van der Waals surface area contributed by atoms with E-state index in [9.17, 15) is 4.79 Å². The highest BCUT2D eigenvalue weighted by molar-refractivity contribution is 5.86. The van der Waals surface area contributed by atoms with Gasteiger partial charge in [0.2, 0.25) is 0 Å². The molecular formula is C17H30INO2. The minimum atomic E-state index is -0.222. The third-order valence-corrected chi connectivity index (χ3v) is 5.23. The number of hydrogen-bond acceptors (Lipinski definition) is 2. The molecule has 0 aliphatic carbocycles. The average molecular weight is 407 g/mol. The highest BCUT2D eigenvalue weighted by Crippen LogP contribution is 2.38. The maximum Gasteiger partial charge on any atom is 0.333 e. The Morgan fingerprint density at radius 1 is 1.24 bits per heavy atom. The predicted molar refractivity (Wildman–Crippen MR) is 81.3 cm³/mol. The number of halogens is 1. The highest BCUT2D eigenvalue weighted by atomic mass is 127. The van der Waals surface area contributed by atoms with E-state index in [1.165, 1.54) is 62.6 Å². The van der Waals surface area contributed by atoms with Gasteiger partial charge in [0.15, 0.2) is 0 Å². The maximum atomic E-state index is 11.6. The van der Waals surface area contributed by atoms with Gasteiger partial charge in [0, 0.05) is 17.9 Å². The van der Waals surface area contributed by atoms with E-state index in [4.69, 9.17) is 4.74 Å². The number of carbonyl (C=O) groups excluding carboxylic acids is 1. The number of ether oxygens (including phenoxy) is 1. The summed E-state index contributed by atoms with van der Waals surface area (Å²) in [5, 5.41) is 0. The standard InChI is InChI=1S/C17H30NO2.HI/c1-4-10-18-11-6-5-9-16(18)15(8-7-12-18)13-20-17(19)14(2)3;/h15-16H,2,4-13H2,1,3H3;1H/q+1;/p-1/t15-,16+,18?;/m0./s1. The van der Waals surface area contributed by atoms with Crippen molar-refractivity contribution in [3.63, 3.8) is 0 Å². The number of piperidine rings is 2. The van der Waals surface area contributed by atoms with E-state index in [0.29, 0.717) is 18.1 Å². The molecule has 3 nitrogen and oxygen atoms in total. The molecule has 4 heteroatoms. The summed E-state index contributed by atoms with van der Waals surface area (Å²) in [6.07, 6.45) is 7.79. The van der Waals surface area contributed by atoms with Gasteiger partial charge in [-0.25, -0.2) is 4.79 Å². The highest BCUT2D eigenvalue weighted by Gasteiger charge is 2.46. The molecule has 0 spiro atoms. The van der Waals surface area contributed by atoms with Crippen LogP contribution in [0.4, 0.5) is 0 Å². The molecule has 3 atom stereocenters. The first-order valence-corrected chi connectivity index (χ1v) is 8.27. The number of esters is 1. The smallest absolute Gasteiger partial charge is 0.333 e. The Bertz CT molecular complexity index is 362. The molecule has 0 bridgehead atoms. The van der Waals surface area contributed by atoms with Crippen molar-refractivity contribution in [2.75, 3.05) is 26.2 Å². The number of fused-ring (bicyclic) bond motifs is 1. The van der Waals surface area contributed by atoms with Crippen molar-refractivity contribution in [3.8, 4) is 0 Å². The van der Waals surface area contributed by atoms with Gasteiger partial charge < -0.3 is 33.2 Å². The zero-order valence-corrected chi connectivity index (χ0v) is 15.7. The van der Waals surface area contributed by atoms with Crippen LogP contribution in [0.3, 0.4) is 0 Å². The molecule has 2 saturated heterocycles. The van der Waals surface area contributed by atoms with E-state index in [-0.39, 0.29) is 29.9 Å². The number of carbonyl (C=O) groups is 1. The molecule has 2 aliphatic rings. The van der Waals surface area contributed by atoms with Gasteiger partial charge in [0.05, 0.1) is 25.7 Å². The Morgan fingerprint density at radius 2 is 1.95 bits per heavy atom. The number of nitrogens with zero attached hydrogens (tertiary/aromatic N) is 1. The van der Waals surface area contributed by atoms with Gasteiger partial charge in [-0.15, -0.1) is 0 Å². The van der Waals surface area contributed by atoms with Crippen molar-refractivity contribution >= 4 is 5.97 Å².